The molecule has 1 aromatic rings. The largest absolute Gasteiger partial charge is 0.480 e. The number of aromatic nitrogens is 2. The van der Waals surface area contributed by atoms with E-state index in [1.54, 1.807) is 19.5 Å². The Kier molecular flexibility index (Phi) is 4.87. The van der Waals surface area contributed by atoms with E-state index in [0.29, 0.717) is 11.9 Å². The molecule has 0 radical (unpaired) electrons. The van der Waals surface area contributed by atoms with Crippen molar-refractivity contribution in [3.05, 3.63) is 18.1 Å². The number of rotatable bonds is 6. The van der Waals surface area contributed by atoms with Crippen molar-refractivity contribution in [3.8, 4) is 5.88 Å². The molecule has 0 aliphatic heterocycles. The maximum atomic E-state index is 5.27. The van der Waals surface area contributed by atoms with E-state index in [0.717, 1.165) is 18.7 Å². The van der Waals surface area contributed by atoms with Gasteiger partial charge in [0.2, 0.25) is 5.88 Å². The summed E-state index contributed by atoms with van der Waals surface area (Å²) in [4.78, 5) is 8.61. The summed E-state index contributed by atoms with van der Waals surface area (Å²) in [5, 5.41) is 3.42. The molecule has 96 valence electrons. The molecule has 0 bridgehead atoms. The van der Waals surface area contributed by atoms with Crippen LogP contribution >= 0.6 is 0 Å². The molecule has 0 saturated heterocycles. The van der Waals surface area contributed by atoms with Gasteiger partial charge >= 0.3 is 0 Å². The lowest BCUT2D eigenvalue weighted by atomic mass is 9.85. The Hall–Kier alpha value is -1.16. The van der Waals surface area contributed by atoms with Crippen LogP contribution in [-0.4, -0.2) is 29.7 Å². The minimum absolute atomic E-state index is 0.0402. The van der Waals surface area contributed by atoms with Crippen molar-refractivity contribution in [3.63, 3.8) is 0 Å². The zero-order chi connectivity index (χ0) is 12.9. The second-order valence-corrected chi connectivity index (χ2v) is 5.16. The average molecular weight is 237 g/mol. The molecule has 1 aromatic heterocycles. The molecule has 17 heavy (non-hydrogen) atoms. The first-order valence-electron chi connectivity index (χ1n) is 6.06. The second kappa shape index (κ2) is 5.96. The van der Waals surface area contributed by atoms with E-state index in [2.05, 4.69) is 43.0 Å². The lowest BCUT2D eigenvalue weighted by Gasteiger charge is -2.25. The maximum absolute atomic E-state index is 5.27. The summed E-state index contributed by atoms with van der Waals surface area (Å²) in [6.45, 7) is 9.60. The highest BCUT2D eigenvalue weighted by Crippen LogP contribution is 2.30. The molecule has 0 spiro atoms. The van der Waals surface area contributed by atoms with Gasteiger partial charge in [0.05, 0.1) is 7.11 Å². The second-order valence-electron chi connectivity index (χ2n) is 5.16. The zero-order valence-corrected chi connectivity index (χ0v) is 11.4. The predicted octanol–water partition coefficient (Wildman–Crippen LogP) is 2.15. The Morgan fingerprint density at radius 1 is 1.29 bits per heavy atom. The Labute approximate surface area is 104 Å². The van der Waals surface area contributed by atoms with Gasteiger partial charge in [-0.2, -0.15) is 0 Å². The summed E-state index contributed by atoms with van der Waals surface area (Å²) in [5.74, 6) is 0.627. The molecule has 0 unspecified atom stereocenters. The van der Waals surface area contributed by atoms with Crippen molar-refractivity contribution in [1.29, 1.82) is 0 Å². The van der Waals surface area contributed by atoms with E-state index in [-0.39, 0.29) is 5.41 Å². The molecule has 0 saturated carbocycles. The van der Waals surface area contributed by atoms with Gasteiger partial charge in [0.15, 0.2) is 0 Å². The smallest absolute Gasteiger partial charge is 0.235 e. The molecule has 0 aromatic carbocycles. The van der Waals surface area contributed by atoms with Crippen LogP contribution in [-0.2, 0) is 5.41 Å². The lowest BCUT2D eigenvalue weighted by Crippen LogP contribution is -2.30. The summed E-state index contributed by atoms with van der Waals surface area (Å²) in [6.07, 6.45) is 4.38. The van der Waals surface area contributed by atoms with Crippen LogP contribution in [0.4, 0.5) is 0 Å². The highest BCUT2D eigenvalue weighted by Gasteiger charge is 2.26. The molecule has 0 amide bonds. The van der Waals surface area contributed by atoms with Crippen molar-refractivity contribution >= 4 is 0 Å². The monoisotopic (exact) mass is 237 g/mol. The third-order valence-corrected chi connectivity index (χ3v) is 2.80. The van der Waals surface area contributed by atoms with E-state index >= 15 is 0 Å². The van der Waals surface area contributed by atoms with E-state index in [4.69, 9.17) is 4.74 Å². The van der Waals surface area contributed by atoms with Crippen LogP contribution in [0.15, 0.2) is 12.4 Å². The van der Waals surface area contributed by atoms with E-state index in [1.165, 1.54) is 0 Å². The first-order valence-corrected chi connectivity index (χ1v) is 6.06. The number of nitrogens with zero attached hydrogens (tertiary/aromatic N) is 2. The summed E-state index contributed by atoms with van der Waals surface area (Å²) in [5.41, 5.74) is 0.884. The van der Waals surface area contributed by atoms with Crippen molar-refractivity contribution in [2.24, 2.45) is 0 Å². The molecule has 4 nitrogen and oxygen atoms in total. The third kappa shape index (κ3) is 3.97. The van der Waals surface area contributed by atoms with Gasteiger partial charge in [-0.3, -0.25) is 4.98 Å². The standard InChI is InChI=1S/C13H23N3O/c1-10(2)14-7-6-13(3,4)11-12(17-5)16-9-8-15-11/h8-10,14H,6-7H2,1-5H3. The van der Waals surface area contributed by atoms with Gasteiger partial charge in [0.25, 0.3) is 0 Å². The molecule has 1 N–H and O–H groups in total. The van der Waals surface area contributed by atoms with E-state index < -0.39 is 0 Å². The minimum atomic E-state index is -0.0402. The fourth-order valence-corrected chi connectivity index (χ4v) is 1.73. The zero-order valence-electron chi connectivity index (χ0n) is 11.4. The summed E-state index contributed by atoms with van der Waals surface area (Å²) < 4.78 is 5.27. The molecule has 1 rings (SSSR count). The fraction of sp³-hybridized carbons (Fsp3) is 0.692. The predicted molar refractivity (Wildman–Crippen MR) is 69.4 cm³/mol. The molecule has 4 heteroatoms. The van der Waals surface area contributed by atoms with Gasteiger partial charge in [0, 0.05) is 23.9 Å². The summed E-state index contributed by atoms with van der Waals surface area (Å²) in [6, 6.07) is 0.509. The number of hydrogen-bond acceptors (Lipinski definition) is 4. The first-order chi connectivity index (χ1) is 7.97. The van der Waals surface area contributed by atoms with Gasteiger partial charge in [-0.1, -0.05) is 27.7 Å². The molecule has 0 fully saturated rings. The Bertz CT molecular complexity index is 350. The van der Waals surface area contributed by atoms with Gasteiger partial charge in [-0.15, -0.1) is 0 Å². The van der Waals surface area contributed by atoms with Crippen LogP contribution < -0.4 is 10.1 Å². The van der Waals surface area contributed by atoms with Crippen molar-refractivity contribution in [2.45, 2.75) is 45.6 Å². The highest BCUT2D eigenvalue weighted by atomic mass is 16.5. The van der Waals surface area contributed by atoms with Crippen LogP contribution in [0.25, 0.3) is 0 Å². The fourth-order valence-electron chi connectivity index (χ4n) is 1.73. The van der Waals surface area contributed by atoms with Crippen molar-refractivity contribution in [1.82, 2.24) is 15.3 Å². The topological polar surface area (TPSA) is 47.0 Å². The summed E-state index contributed by atoms with van der Waals surface area (Å²) >= 11 is 0. The Morgan fingerprint density at radius 2 is 1.94 bits per heavy atom. The number of nitrogens with one attached hydrogen (secondary N) is 1. The van der Waals surface area contributed by atoms with Gasteiger partial charge < -0.3 is 10.1 Å². The van der Waals surface area contributed by atoms with Crippen molar-refractivity contribution < 1.29 is 4.74 Å². The molecule has 0 atom stereocenters. The van der Waals surface area contributed by atoms with Gasteiger partial charge in [0.1, 0.15) is 5.69 Å². The van der Waals surface area contributed by atoms with Crippen LogP contribution in [0.5, 0.6) is 5.88 Å². The Balaban J connectivity index is 2.74. The lowest BCUT2D eigenvalue weighted by molar-refractivity contribution is 0.358. The van der Waals surface area contributed by atoms with Crippen LogP contribution in [0, 0.1) is 0 Å². The first kappa shape index (κ1) is 13.9. The Morgan fingerprint density at radius 3 is 2.53 bits per heavy atom. The molecule has 1 heterocycles. The van der Waals surface area contributed by atoms with Gasteiger partial charge in [-0.25, -0.2) is 4.98 Å². The molecular weight excluding hydrogens is 214 g/mol. The summed E-state index contributed by atoms with van der Waals surface area (Å²) in [7, 11) is 1.63. The normalized spacial score (nSPS) is 11.9. The van der Waals surface area contributed by atoms with Crippen LogP contribution in [0.2, 0.25) is 0 Å². The third-order valence-electron chi connectivity index (χ3n) is 2.80. The number of hydrogen-bond donors (Lipinski definition) is 1. The van der Waals surface area contributed by atoms with Crippen molar-refractivity contribution in [2.75, 3.05) is 13.7 Å². The quantitative estimate of drug-likeness (QED) is 0.823. The SMILES string of the molecule is COc1nccnc1C(C)(C)CCNC(C)C. The highest BCUT2D eigenvalue weighted by molar-refractivity contribution is 5.25. The number of methoxy groups -OCH3 is 1. The van der Waals surface area contributed by atoms with E-state index in [9.17, 15) is 0 Å². The minimum Gasteiger partial charge on any atom is -0.480 e. The van der Waals surface area contributed by atoms with E-state index in [1.807, 2.05) is 0 Å². The van der Waals surface area contributed by atoms with Crippen LogP contribution in [0.3, 0.4) is 0 Å². The molecule has 0 aliphatic carbocycles. The van der Waals surface area contributed by atoms with Gasteiger partial charge in [-0.05, 0) is 13.0 Å². The molecule has 0 aliphatic rings. The maximum Gasteiger partial charge on any atom is 0.235 e. The number of ether oxygens (including phenoxy) is 1. The average Bonchev–Trinajstić information content (AvgIpc) is 2.28. The van der Waals surface area contributed by atoms with Crippen LogP contribution in [0.1, 0.15) is 39.8 Å². The molecular formula is C13H23N3O.